The minimum atomic E-state index is -1.11. The lowest BCUT2D eigenvalue weighted by molar-refractivity contribution is -0.129. The number of fused-ring (bicyclic) bond motifs is 1. The Morgan fingerprint density at radius 1 is 1.10 bits per heavy atom. The van der Waals surface area contributed by atoms with Gasteiger partial charge in [0.2, 0.25) is 0 Å². The molecule has 0 aromatic rings. The molecular formula is C25H34O4. The summed E-state index contributed by atoms with van der Waals surface area (Å²) in [5.74, 6) is -0.888. The summed E-state index contributed by atoms with van der Waals surface area (Å²) in [4.78, 5) is 26.6. The molecule has 1 aliphatic carbocycles. The number of hydrogen-bond donors (Lipinski definition) is 1. The molecule has 0 bridgehead atoms. The molecule has 0 aromatic heterocycles. The number of carbonyl (C=O) groups is 2. The van der Waals surface area contributed by atoms with Crippen LogP contribution in [0.2, 0.25) is 0 Å². The van der Waals surface area contributed by atoms with Crippen LogP contribution >= 0.6 is 0 Å². The van der Waals surface area contributed by atoms with Gasteiger partial charge in [0.05, 0.1) is 0 Å². The molecule has 0 spiro atoms. The number of rotatable bonds is 6. The maximum absolute atomic E-state index is 13.7. The molecule has 1 heterocycles. The van der Waals surface area contributed by atoms with Crippen LogP contribution in [-0.4, -0.2) is 22.3 Å². The van der Waals surface area contributed by atoms with Crippen molar-refractivity contribution in [2.45, 2.75) is 73.8 Å². The van der Waals surface area contributed by atoms with Crippen LogP contribution in [0.5, 0.6) is 0 Å². The topological polar surface area (TPSA) is 63.6 Å². The third-order valence-electron chi connectivity index (χ3n) is 5.29. The van der Waals surface area contributed by atoms with Crippen molar-refractivity contribution in [3.63, 3.8) is 0 Å². The highest BCUT2D eigenvalue weighted by molar-refractivity contribution is 6.25. The summed E-state index contributed by atoms with van der Waals surface area (Å²) >= 11 is 0. The Balaban J connectivity index is 2.86. The van der Waals surface area contributed by atoms with Crippen molar-refractivity contribution in [3.05, 3.63) is 58.1 Å². The highest BCUT2D eigenvalue weighted by atomic mass is 16.5. The zero-order chi connectivity index (χ0) is 22.1. The van der Waals surface area contributed by atoms with Crippen LogP contribution in [0, 0.1) is 11.3 Å². The second kappa shape index (κ2) is 8.17. The van der Waals surface area contributed by atoms with Crippen molar-refractivity contribution in [1.82, 2.24) is 0 Å². The molecule has 2 rings (SSSR count). The number of carbonyl (C=O) groups excluding carboxylic acids is 2. The van der Waals surface area contributed by atoms with Crippen molar-refractivity contribution >= 4 is 11.6 Å². The zero-order valence-electron chi connectivity index (χ0n) is 19.0. The molecule has 0 saturated heterocycles. The van der Waals surface area contributed by atoms with Crippen LogP contribution in [0.4, 0.5) is 0 Å². The Labute approximate surface area is 174 Å². The van der Waals surface area contributed by atoms with E-state index in [1.165, 1.54) is 0 Å². The van der Waals surface area contributed by atoms with Gasteiger partial charge in [-0.1, -0.05) is 43.2 Å². The first-order valence-electron chi connectivity index (χ1n) is 10.2. The van der Waals surface area contributed by atoms with E-state index in [2.05, 4.69) is 0 Å². The molecule has 0 radical (unpaired) electrons. The van der Waals surface area contributed by atoms with Gasteiger partial charge in [0, 0.05) is 11.5 Å². The molecule has 0 amide bonds. The van der Waals surface area contributed by atoms with Gasteiger partial charge in [-0.05, 0) is 60.5 Å². The average molecular weight is 399 g/mol. The Kier molecular flexibility index (Phi) is 6.46. The van der Waals surface area contributed by atoms with E-state index in [-0.39, 0.29) is 22.9 Å². The summed E-state index contributed by atoms with van der Waals surface area (Å²) in [6.45, 7) is 15.2. The Morgan fingerprint density at radius 2 is 1.69 bits per heavy atom. The number of allylic oxidation sites excluding steroid dienone is 7. The predicted octanol–water partition coefficient (Wildman–Crippen LogP) is 5.92. The van der Waals surface area contributed by atoms with Crippen molar-refractivity contribution in [2.24, 2.45) is 11.3 Å². The molecule has 4 heteroatoms. The maximum Gasteiger partial charge on any atom is 0.188 e. The molecule has 1 atom stereocenters. The molecule has 0 fully saturated rings. The quantitative estimate of drug-likeness (QED) is 0.445. The predicted molar refractivity (Wildman–Crippen MR) is 116 cm³/mol. The van der Waals surface area contributed by atoms with E-state index in [0.717, 1.165) is 11.1 Å². The normalized spacial score (nSPS) is 23.0. The van der Waals surface area contributed by atoms with Gasteiger partial charge in [-0.2, -0.15) is 0 Å². The Bertz CT molecular complexity index is 866. The summed E-state index contributed by atoms with van der Waals surface area (Å²) in [5, 5.41) is 11.1. The van der Waals surface area contributed by atoms with Gasteiger partial charge in [-0.3, -0.25) is 9.59 Å². The molecule has 1 N–H and O–H groups in total. The van der Waals surface area contributed by atoms with Gasteiger partial charge in [0.15, 0.2) is 11.6 Å². The van der Waals surface area contributed by atoms with Crippen LogP contribution in [0.3, 0.4) is 0 Å². The molecule has 1 unspecified atom stereocenters. The average Bonchev–Trinajstić information content (AvgIpc) is 2.59. The lowest BCUT2D eigenvalue weighted by Crippen LogP contribution is -2.45. The monoisotopic (exact) mass is 398 g/mol. The number of hydrogen-bond acceptors (Lipinski definition) is 4. The first kappa shape index (κ1) is 22.9. The number of ketones is 2. The highest BCUT2D eigenvalue weighted by Gasteiger charge is 2.53. The fourth-order valence-electron chi connectivity index (χ4n) is 3.54. The van der Waals surface area contributed by atoms with Gasteiger partial charge in [-0.15, -0.1) is 0 Å². The van der Waals surface area contributed by atoms with Crippen LogP contribution in [0.25, 0.3) is 0 Å². The third-order valence-corrected chi connectivity index (χ3v) is 5.29. The van der Waals surface area contributed by atoms with E-state index in [1.807, 2.05) is 65.8 Å². The lowest BCUT2D eigenvalue weighted by Gasteiger charge is -2.44. The molecule has 29 heavy (non-hydrogen) atoms. The Morgan fingerprint density at radius 3 is 2.21 bits per heavy atom. The number of aliphatic hydroxyl groups excluding tert-OH is 1. The van der Waals surface area contributed by atoms with Crippen molar-refractivity contribution in [2.75, 3.05) is 0 Å². The second-order valence-corrected chi connectivity index (χ2v) is 9.36. The number of Topliss-reactive ketones (excluding diaryl/α,β-unsaturated/α-hetero) is 2. The van der Waals surface area contributed by atoms with Crippen molar-refractivity contribution in [3.8, 4) is 0 Å². The smallest absolute Gasteiger partial charge is 0.188 e. The number of ether oxygens (including phenoxy) is 1. The second-order valence-electron chi connectivity index (χ2n) is 9.36. The minimum absolute atomic E-state index is 0.101. The Hall–Kier alpha value is -2.36. The van der Waals surface area contributed by atoms with E-state index in [9.17, 15) is 14.7 Å². The molecule has 2 aliphatic rings. The molecule has 4 nitrogen and oxygen atoms in total. The van der Waals surface area contributed by atoms with Crippen LogP contribution in [0.15, 0.2) is 58.1 Å². The molecule has 0 saturated carbocycles. The van der Waals surface area contributed by atoms with Gasteiger partial charge >= 0.3 is 0 Å². The summed E-state index contributed by atoms with van der Waals surface area (Å²) < 4.78 is 6.30. The summed E-state index contributed by atoms with van der Waals surface area (Å²) in [5.41, 5.74) is 0.862. The molecule has 1 aliphatic heterocycles. The van der Waals surface area contributed by atoms with Crippen molar-refractivity contribution in [1.29, 1.82) is 0 Å². The fraction of sp³-hybridized carbons (Fsp3) is 0.520. The molecule has 158 valence electrons. The van der Waals surface area contributed by atoms with Gasteiger partial charge in [-0.25, -0.2) is 0 Å². The zero-order valence-corrected chi connectivity index (χ0v) is 19.0. The van der Waals surface area contributed by atoms with Crippen LogP contribution in [-0.2, 0) is 14.3 Å². The minimum Gasteiger partial charge on any atom is -0.507 e. The first-order valence-corrected chi connectivity index (χ1v) is 10.2. The molecule has 0 aromatic carbocycles. The van der Waals surface area contributed by atoms with Gasteiger partial charge < -0.3 is 9.84 Å². The first-order chi connectivity index (χ1) is 13.3. The van der Waals surface area contributed by atoms with E-state index >= 15 is 0 Å². The summed E-state index contributed by atoms with van der Waals surface area (Å²) in [6.07, 6.45) is 8.50. The summed E-state index contributed by atoms with van der Waals surface area (Å²) in [6, 6.07) is 0. The third kappa shape index (κ3) is 4.47. The fourth-order valence-corrected chi connectivity index (χ4v) is 3.54. The van der Waals surface area contributed by atoms with E-state index in [1.54, 1.807) is 13.8 Å². The SMILES string of the molecule is CC(C)=CCC1=C2OC(C)(C)C=CC2(CC=C(C)C)C(=O)C(C(=O)C(C)C)=C1O. The van der Waals surface area contributed by atoms with E-state index < -0.39 is 16.9 Å². The molecular weight excluding hydrogens is 364 g/mol. The van der Waals surface area contributed by atoms with Crippen molar-refractivity contribution < 1.29 is 19.4 Å². The van der Waals surface area contributed by atoms with Crippen LogP contribution < -0.4 is 0 Å². The van der Waals surface area contributed by atoms with E-state index in [0.29, 0.717) is 24.2 Å². The van der Waals surface area contributed by atoms with E-state index in [4.69, 9.17) is 4.74 Å². The largest absolute Gasteiger partial charge is 0.507 e. The maximum atomic E-state index is 13.7. The summed E-state index contributed by atoms with van der Waals surface area (Å²) in [7, 11) is 0. The standard InChI is InChI=1S/C25H34O4/c1-15(2)9-10-18-21(27)19(20(26)17(5)6)22(28)25(12-11-16(3)4)14-13-24(7,8)29-23(18)25/h9,11,13-14,17,27H,10,12H2,1-8H3. The van der Waals surface area contributed by atoms with Gasteiger partial charge in [0.25, 0.3) is 0 Å². The van der Waals surface area contributed by atoms with Crippen LogP contribution in [0.1, 0.15) is 68.2 Å². The highest BCUT2D eigenvalue weighted by Crippen LogP contribution is 2.50. The number of aliphatic hydroxyl groups is 1. The van der Waals surface area contributed by atoms with Gasteiger partial charge in [0.1, 0.15) is 28.1 Å². The lowest BCUT2D eigenvalue weighted by atomic mass is 9.66.